The van der Waals surface area contributed by atoms with Gasteiger partial charge in [-0.15, -0.1) is 0 Å². The van der Waals surface area contributed by atoms with Crippen molar-refractivity contribution in [3.8, 4) is 0 Å². The molecule has 2 nitrogen and oxygen atoms in total. The number of aliphatic hydroxyl groups is 2. The van der Waals surface area contributed by atoms with Gasteiger partial charge in [0, 0.05) is 12.3 Å². The molecule has 22 heavy (non-hydrogen) atoms. The summed E-state index contributed by atoms with van der Waals surface area (Å²) in [5, 5.41) is 20.7. The molecule has 0 aliphatic carbocycles. The summed E-state index contributed by atoms with van der Waals surface area (Å²) in [6.07, 6.45) is 17.2. The highest BCUT2D eigenvalue weighted by molar-refractivity contribution is 4.75. The van der Waals surface area contributed by atoms with Crippen LogP contribution in [0.2, 0.25) is 0 Å². The Morgan fingerprint density at radius 1 is 0.636 bits per heavy atom. The lowest BCUT2D eigenvalue weighted by Gasteiger charge is -2.31. The van der Waals surface area contributed by atoms with E-state index in [1.165, 1.54) is 57.8 Å². The Labute approximate surface area is 139 Å². The van der Waals surface area contributed by atoms with Gasteiger partial charge in [-0.05, 0) is 19.3 Å². The molecule has 0 saturated heterocycles. The van der Waals surface area contributed by atoms with Crippen LogP contribution in [0.1, 0.15) is 117 Å². The van der Waals surface area contributed by atoms with Crippen LogP contribution < -0.4 is 0 Å². The fraction of sp³-hybridized carbons (Fsp3) is 1.00. The molecule has 0 radical (unpaired) electrons. The first-order valence-electron chi connectivity index (χ1n) is 10.0. The second-order valence-electron chi connectivity index (χ2n) is 7.06. The van der Waals surface area contributed by atoms with Crippen molar-refractivity contribution in [2.45, 2.75) is 123 Å². The van der Waals surface area contributed by atoms with Crippen molar-refractivity contribution in [2.75, 3.05) is 0 Å². The molecule has 0 saturated carbocycles. The van der Waals surface area contributed by atoms with Gasteiger partial charge in [0.15, 0.2) is 5.79 Å². The Balaban J connectivity index is 3.81. The molecule has 134 valence electrons. The van der Waals surface area contributed by atoms with Gasteiger partial charge in [-0.3, -0.25) is 0 Å². The van der Waals surface area contributed by atoms with Gasteiger partial charge in [0.05, 0.1) is 0 Å². The first kappa shape index (κ1) is 21.9. The molecule has 0 aromatic rings. The number of hydrogen-bond acceptors (Lipinski definition) is 2. The predicted octanol–water partition coefficient (Wildman–Crippen LogP) is 6.19. The van der Waals surface area contributed by atoms with Crippen molar-refractivity contribution in [3.05, 3.63) is 0 Å². The van der Waals surface area contributed by atoms with E-state index in [-0.39, 0.29) is 5.92 Å². The lowest BCUT2D eigenvalue weighted by atomic mass is 9.86. The minimum absolute atomic E-state index is 0.0503. The summed E-state index contributed by atoms with van der Waals surface area (Å²) >= 11 is 0. The van der Waals surface area contributed by atoms with Crippen LogP contribution in [0.3, 0.4) is 0 Å². The van der Waals surface area contributed by atoms with E-state index in [1.54, 1.807) is 0 Å². The zero-order valence-electron chi connectivity index (χ0n) is 15.6. The molecule has 0 aromatic carbocycles. The van der Waals surface area contributed by atoms with Crippen LogP contribution in [0.25, 0.3) is 0 Å². The van der Waals surface area contributed by atoms with Crippen LogP contribution >= 0.6 is 0 Å². The van der Waals surface area contributed by atoms with Crippen molar-refractivity contribution < 1.29 is 10.2 Å². The highest BCUT2D eigenvalue weighted by Gasteiger charge is 2.31. The average Bonchev–Trinajstić information content (AvgIpc) is 2.49. The van der Waals surface area contributed by atoms with Crippen molar-refractivity contribution >= 4 is 0 Å². The molecule has 0 spiro atoms. The maximum Gasteiger partial charge on any atom is 0.165 e. The third-order valence-corrected chi connectivity index (χ3v) is 4.95. The molecule has 0 amide bonds. The summed E-state index contributed by atoms with van der Waals surface area (Å²) in [6, 6.07) is 0. The second-order valence-corrected chi connectivity index (χ2v) is 7.06. The van der Waals surface area contributed by atoms with Gasteiger partial charge < -0.3 is 10.2 Å². The van der Waals surface area contributed by atoms with Gasteiger partial charge in [-0.25, -0.2) is 0 Å². The number of hydrogen-bond donors (Lipinski definition) is 2. The standard InChI is InChI=1S/C20H42O2/c1-4-7-9-11-13-15-17-19(6-3)20(21,22)18-16-14-12-10-8-5-2/h19,21-22H,4-18H2,1-3H3. The summed E-state index contributed by atoms with van der Waals surface area (Å²) in [5.74, 6) is -1.39. The Morgan fingerprint density at radius 3 is 1.59 bits per heavy atom. The molecule has 0 rings (SSSR count). The third-order valence-electron chi connectivity index (χ3n) is 4.95. The largest absolute Gasteiger partial charge is 0.365 e. The van der Waals surface area contributed by atoms with Crippen LogP contribution in [-0.2, 0) is 0 Å². The average molecular weight is 315 g/mol. The normalized spacial score (nSPS) is 13.5. The van der Waals surface area contributed by atoms with Crippen molar-refractivity contribution in [2.24, 2.45) is 5.92 Å². The summed E-state index contributed by atoms with van der Waals surface area (Å²) in [5.41, 5.74) is 0. The van der Waals surface area contributed by atoms with Gasteiger partial charge in [0.2, 0.25) is 0 Å². The third kappa shape index (κ3) is 11.5. The lowest BCUT2D eigenvalue weighted by molar-refractivity contribution is -0.208. The summed E-state index contributed by atoms with van der Waals surface area (Å²) in [6.45, 7) is 6.55. The van der Waals surface area contributed by atoms with Crippen molar-refractivity contribution in [1.29, 1.82) is 0 Å². The van der Waals surface area contributed by atoms with E-state index in [2.05, 4.69) is 20.8 Å². The van der Waals surface area contributed by atoms with Gasteiger partial charge in [-0.1, -0.05) is 91.4 Å². The molecular weight excluding hydrogens is 272 g/mol. The van der Waals surface area contributed by atoms with E-state index in [4.69, 9.17) is 0 Å². The van der Waals surface area contributed by atoms with E-state index >= 15 is 0 Å². The van der Waals surface area contributed by atoms with E-state index in [0.717, 1.165) is 32.1 Å². The van der Waals surface area contributed by atoms with Crippen LogP contribution in [0.4, 0.5) is 0 Å². The Hall–Kier alpha value is -0.0800. The molecule has 0 bridgehead atoms. The minimum atomic E-state index is -1.44. The van der Waals surface area contributed by atoms with Crippen LogP contribution in [0, 0.1) is 5.92 Å². The summed E-state index contributed by atoms with van der Waals surface area (Å²) in [7, 11) is 0. The zero-order valence-corrected chi connectivity index (χ0v) is 15.6. The van der Waals surface area contributed by atoms with E-state index in [1.807, 2.05) is 0 Å². The van der Waals surface area contributed by atoms with Crippen molar-refractivity contribution in [3.63, 3.8) is 0 Å². The van der Waals surface area contributed by atoms with Gasteiger partial charge in [0.25, 0.3) is 0 Å². The molecule has 2 heteroatoms. The maximum absolute atomic E-state index is 10.4. The molecule has 0 aromatic heterocycles. The van der Waals surface area contributed by atoms with Crippen LogP contribution in [-0.4, -0.2) is 16.0 Å². The van der Waals surface area contributed by atoms with Crippen LogP contribution in [0.15, 0.2) is 0 Å². The summed E-state index contributed by atoms with van der Waals surface area (Å²) < 4.78 is 0. The van der Waals surface area contributed by atoms with E-state index in [0.29, 0.717) is 6.42 Å². The van der Waals surface area contributed by atoms with E-state index < -0.39 is 5.79 Å². The van der Waals surface area contributed by atoms with Crippen molar-refractivity contribution in [1.82, 2.24) is 0 Å². The van der Waals surface area contributed by atoms with Gasteiger partial charge in [-0.2, -0.15) is 0 Å². The molecule has 0 fully saturated rings. The zero-order chi connectivity index (χ0) is 16.7. The SMILES string of the molecule is CCCCCCCCC(CC)C(O)(O)CCCCCCCC. The second kappa shape index (κ2) is 14.5. The molecule has 0 aliphatic rings. The smallest absolute Gasteiger partial charge is 0.165 e. The highest BCUT2D eigenvalue weighted by Crippen LogP contribution is 2.29. The molecule has 1 atom stereocenters. The number of rotatable bonds is 16. The number of unbranched alkanes of at least 4 members (excludes halogenated alkanes) is 10. The molecule has 1 unspecified atom stereocenters. The Kier molecular flexibility index (Phi) is 14.5. The van der Waals surface area contributed by atoms with E-state index in [9.17, 15) is 10.2 Å². The Bertz CT molecular complexity index is 226. The maximum atomic E-state index is 10.4. The highest BCUT2D eigenvalue weighted by atomic mass is 16.5. The monoisotopic (exact) mass is 314 g/mol. The fourth-order valence-electron chi connectivity index (χ4n) is 3.30. The fourth-order valence-corrected chi connectivity index (χ4v) is 3.30. The molecular formula is C20H42O2. The predicted molar refractivity (Wildman–Crippen MR) is 96.9 cm³/mol. The topological polar surface area (TPSA) is 40.5 Å². The first-order chi connectivity index (χ1) is 10.6. The molecule has 2 N–H and O–H groups in total. The minimum Gasteiger partial charge on any atom is -0.365 e. The molecule has 0 heterocycles. The van der Waals surface area contributed by atoms with Gasteiger partial charge in [0.1, 0.15) is 0 Å². The van der Waals surface area contributed by atoms with Gasteiger partial charge >= 0.3 is 0 Å². The summed E-state index contributed by atoms with van der Waals surface area (Å²) in [4.78, 5) is 0. The first-order valence-corrected chi connectivity index (χ1v) is 10.0. The lowest BCUT2D eigenvalue weighted by Crippen LogP contribution is -2.37. The quantitative estimate of drug-likeness (QED) is 0.263. The molecule has 0 aliphatic heterocycles. The Morgan fingerprint density at radius 2 is 1.09 bits per heavy atom. The van der Waals surface area contributed by atoms with Crippen LogP contribution in [0.5, 0.6) is 0 Å².